The van der Waals surface area contributed by atoms with Crippen molar-refractivity contribution in [2.75, 3.05) is 0 Å². The van der Waals surface area contributed by atoms with Gasteiger partial charge in [-0.2, -0.15) is 0 Å². The highest BCUT2D eigenvalue weighted by atomic mass is 16.6. The number of aromatic amines is 1. The van der Waals surface area contributed by atoms with Crippen LogP contribution in [0.1, 0.15) is 5.56 Å². The summed E-state index contributed by atoms with van der Waals surface area (Å²) in [5, 5.41) is 17.4. The number of nitrogens with zero attached hydrogens (tertiary/aromatic N) is 2. The number of fused-ring (bicyclic) bond motifs is 1. The van der Waals surface area contributed by atoms with Crippen molar-refractivity contribution in [2.45, 2.75) is 6.54 Å². The van der Waals surface area contributed by atoms with E-state index in [1.807, 2.05) is 4.57 Å². The highest BCUT2D eigenvalue weighted by molar-refractivity contribution is 6.33. The number of hydrogen-bond acceptors (Lipinski definition) is 5. The maximum absolute atomic E-state index is 11.6. The first kappa shape index (κ1) is 13.4. The Labute approximate surface area is 119 Å². The topological polar surface area (TPSA) is 100 Å². The number of H-pyrrole nitrogens is 1. The minimum Gasteiger partial charge on any atom is -0.512 e. The summed E-state index contributed by atoms with van der Waals surface area (Å²) in [6.45, 7) is 0.544. The first-order chi connectivity index (χ1) is 10.1. The van der Waals surface area contributed by atoms with E-state index in [9.17, 15) is 4.79 Å². The molecule has 2 heterocycles. The zero-order valence-electron chi connectivity index (χ0n) is 10.9. The van der Waals surface area contributed by atoms with Crippen LogP contribution in [-0.2, 0) is 6.54 Å². The van der Waals surface area contributed by atoms with Gasteiger partial charge in [0.1, 0.15) is 5.75 Å². The molecule has 106 valence electrons. The average Bonchev–Trinajstić information content (AvgIpc) is 2.85. The molecule has 1 aromatic carbocycles. The number of aromatic nitrogens is 3. The van der Waals surface area contributed by atoms with Crippen LogP contribution in [0.2, 0.25) is 0 Å². The van der Waals surface area contributed by atoms with Crippen LogP contribution in [0.3, 0.4) is 0 Å². The average molecular weight is 285 g/mol. The van der Waals surface area contributed by atoms with E-state index in [1.54, 1.807) is 42.9 Å². The van der Waals surface area contributed by atoms with Crippen LogP contribution in [0.5, 0.6) is 5.75 Å². The largest absolute Gasteiger partial charge is 0.707 e. The summed E-state index contributed by atoms with van der Waals surface area (Å²) in [4.78, 5) is 18.3. The summed E-state index contributed by atoms with van der Waals surface area (Å²) < 4.78 is 6.60. The normalized spacial score (nSPS) is 10.8. The summed E-state index contributed by atoms with van der Waals surface area (Å²) >= 11 is 0. The third-order valence-electron chi connectivity index (χ3n) is 3.07. The molecule has 0 aliphatic heterocycles. The molecule has 2 aromatic heterocycles. The Morgan fingerprint density at radius 3 is 2.71 bits per heavy atom. The molecule has 0 radical (unpaired) electrons. The molecule has 0 atom stereocenters. The highest BCUT2D eigenvalue weighted by Gasteiger charge is 2.11. The molecule has 3 aromatic rings. The minimum atomic E-state index is -1.83. The van der Waals surface area contributed by atoms with Gasteiger partial charge in [0.15, 0.2) is 5.52 Å². The number of imidazole rings is 1. The molecule has 0 amide bonds. The molecule has 21 heavy (non-hydrogen) atoms. The van der Waals surface area contributed by atoms with Crippen LogP contribution in [0.4, 0.5) is 0 Å². The fourth-order valence-corrected chi connectivity index (χ4v) is 2.12. The van der Waals surface area contributed by atoms with Gasteiger partial charge in [0.25, 0.3) is 5.56 Å². The van der Waals surface area contributed by atoms with Crippen molar-refractivity contribution < 1.29 is 14.7 Å². The number of benzene rings is 1. The molecule has 8 heteroatoms. The Bertz CT molecular complexity index is 810. The molecule has 3 N–H and O–H groups in total. The zero-order valence-corrected chi connectivity index (χ0v) is 10.9. The predicted octanol–water partition coefficient (Wildman–Crippen LogP) is 0.121. The van der Waals surface area contributed by atoms with Gasteiger partial charge >= 0.3 is 7.32 Å². The van der Waals surface area contributed by atoms with E-state index < -0.39 is 7.32 Å². The quantitative estimate of drug-likeness (QED) is 0.591. The summed E-state index contributed by atoms with van der Waals surface area (Å²) in [5.41, 5.74) is 1.91. The lowest BCUT2D eigenvalue weighted by Gasteiger charge is -2.07. The third-order valence-corrected chi connectivity index (χ3v) is 3.07. The van der Waals surface area contributed by atoms with E-state index in [0.717, 1.165) is 11.1 Å². The first-order valence-electron chi connectivity index (χ1n) is 6.28. The van der Waals surface area contributed by atoms with E-state index in [4.69, 9.17) is 14.7 Å². The highest BCUT2D eigenvalue weighted by Crippen LogP contribution is 2.15. The van der Waals surface area contributed by atoms with Crippen molar-refractivity contribution in [3.8, 4) is 5.75 Å². The molecule has 0 saturated carbocycles. The summed E-state index contributed by atoms with van der Waals surface area (Å²) in [6.07, 6.45) is 3.20. The van der Waals surface area contributed by atoms with Gasteiger partial charge in [0.05, 0.1) is 11.8 Å². The van der Waals surface area contributed by atoms with Crippen LogP contribution in [0.15, 0.2) is 47.7 Å². The van der Waals surface area contributed by atoms with Crippen LogP contribution < -0.4 is 10.2 Å². The van der Waals surface area contributed by atoms with Crippen LogP contribution in [0.25, 0.3) is 11.0 Å². The molecule has 0 spiro atoms. The predicted molar refractivity (Wildman–Crippen MR) is 76.7 cm³/mol. The van der Waals surface area contributed by atoms with Crippen molar-refractivity contribution in [1.82, 2.24) is 14.5 Å². The zero-order chi connectivity index (χ0) is 14.8. The van der Waals surface area contributed by atoms with Crippen LogP contribution in [0, 0.1) is 0 Å². The van der Waals surface area contributed by atoms with E-state index in [0.29, 0.717) is 17.8 Å². The standard InChI is InChI=1S/C13H12BN3O4/c18-13-12-11(5-6-15-13)17(8-16-12)7-9-1-3-10(4-2-9)21-14(19)20/h1-6,8,19-20H,7H2,(H,15,18). The molecule has 0 unspecified atom stereocenters. The van der Waals surface area contributed by atoms with Gasteiger partial charge in [-0.25, -0.2) is 4.98 Å². The van der Waals surface area contributed by atoms with Crippen molar-refractivity contribution in [1.29, 1.82) is 0 Å². The monoisotopic (exact) mass is 285 g/mol. The van der Waals surface area contributed by atoms with Crippen molar-refractivity contribution in [3.05, 3.63) is 58.8 Å². The first-order valence-corrected chi connectivity index (χ1v) is 6.28. The summed E-state index contributed by atoms with van der Waals surface area (Å²) in [6, 6.07) is 8.68. The summed E-state index contributed by atoms with van der Waals surface area (Å²) in [7, 11) is -1.83. The van der Waals surface area contributed by atoms with Gasteiger partial charge in [-0.05, 0) is 23.8 Å². The number of hydrogen-bond donors (Lipinski definition) is 3. The molecular formula is C13H12BN3O4. The van der Waals surface area contributed by atoms with Gasteiger partial charge in [-0.1, -0.05) is 12.1 Å². The van der Waals surface area contributed by atoms with Crippen molar-refractivity contribution in [3.63, 3.8) is 0 Å². The van der Waals surface area contributed by atoms with Crippen molar-refractivity contribution in [2.24, 2.45) is 0 Å². The molecule has 0 aliphatic rings. The Kier molecular flexibility index (Phi) is 3.47. The third kappa shape index (κ3) is 2.81. The maximum Gasteiger partial charge on any atom is 0.707 e. The fourth-order valence-electron chi connectivity index (χ4n) is 2.12. The Hall–Kier alpha value is -2.58. The maximum atomic E-state index is 11.6. The SMILES string of the molecule is O=c1[nH]ccc2c1ncn2Cc1ccc(OB(O)O)cc1. The van der Waals surface area contributed by atoms with Gasteiger partial charge < -0.3 is 24.3 Å². The molecule has 0 saturated heterocycles. The van der Waals surface area contributed by atoms with Gasteiger partial charge in [-0.3, -0.25) is 4.79 Å². The number of pyridine rings is 1. The lowest BCUT2D eigenvalue weighted by Crippen LogP contribution is -2.20. The second-order valence-electron chi connectivity index (χ2n) is 4.50. The van der Waals surface area contributed by atoms with Crippen LogP contribution in [-0.4, -0.2) is 31.9 Å². The Balaban J connectivity index is 1.85. The Morgan fingerprint density at radius 2 is 2.00 bits per heavy atom. The molecular weight excluding hydrogens is 273 g/mol. The second kappa shape index (κ2) is 5.43. The second-order valence-corrected chi connectivity index (χ2v) is 4.50. The molecule has 3 rings (SSSR count). The van der Waals surface area contributed by atoms with Crippen LogP contribution >= 0.6 is 0 Å². The van der Waals surface area contributed by atoms with E-state index in [1.165, 1.54) is 0 Å². The Morgan fingerprint density at radius 1 is 1.24 bits per heavy atom. The lowest BCUT2D eigenvalue weighted by molar-refractivity contribution is 0.288. The lowest BCUT2D eigenvalue weighted by atomic mass is 10.2. The van der Waals surface area contributed by atoms with Gasteiger partial charge in [0, 0.05) is 12.7 Å². The van der Waals surface area contributed by atoms with Crippen molar-refractivity contribution >= 4 is 18.4 Å². The molecule has 0 aliphatic carbocycles. The minimum absolute atomic E-state index is 0.216. The van der Waals surface area contributed by atoms with Gasteiger partial charge in [0.2, 0.25) is 0 Å². The summed E-state index contributed by atoms with van der Waals surface area (Å²) in [5.74, 6) is 0.362. The number of nitrogens with one attached hydrogen (secondary N) is 1. The van der Waals surface area contributed by atoms with E-state index >= 15 is 0 Å². The smallest absolute Gasteiger partial charge is 0.512 e. The van der Waals surface area contributed by atoms with Gasteiger partial charge in [-0.15, -0.1) is 0 Å². The molecule has 7 nitrogen and oxygen atoms in total. The molecule has 0 fully saturated rings. The fraction of sp³-hybridized carbons (Fsp3) is 0.0769. The van der Waals surface area contributed by atoms with E-state index in [2.05, 4.69) is 9.97 Å². The molecule has 0 bridgehead atoms. The van der Waals surface area contributed by atoms with E-state index in [-0.39, 0.29) is 5.56 Å². The number of rotatable bonds is 4.